The van der Waals surface area contributed by atoms with Crippen LogP contribution in [0.5, 0.6) is 5.75 Å². The zero-order valence-electron chi connectivity index (χ0n) is 18.2. The minimum Gasteiger partial charge on any atom is -0.484 e. The minimum atomic E-state index is -1.10. The van der Waals surface area contributed by atoms with Crippen LogP contribution < -0.4 is 15.6 Å². The number of ether oxygens (including phenoxy) is 1. The molecule has 1 aliphatic rings. The molecule has 2 N–H and O–H groups in total. The van der Waals surface area contributed by atoms with E-state index in [9.17, 15) is 14.7 Å². The normalized spacial score (nSPS) is 19.2. The highest BCUT2D eigenvalue weighted by atomic mass is 35.5. The molecule has 0 spiro atoms. The molecule has 7 heteroatoms. The maximum Gasteiger partial charge on any atom is 0.260 e. The van der Waals surface area contributed by atoms with Gasteiger partial charge in [0.1, 0.15) is 17.5 Å². The first-order valence-electron chi connectivity index (χ1n) is 10.7. The molecule has 0 saturated carbocycles. The zero-order valence-corrected chi connectivity index (χ0v) is 18.9. The van der Waals surface area contributed by atoms with Gasteiger partial charge in [-0.15, -0.1) is 11.6 Å². The molecule has 0 saturated heterocycles. The predicted octanol–water partition coefficient (Wildman–Crippen LogP) is 3.76. The number of carbonyl (C=O) groups excluding carboxylic acids is 1. The Balaban J connectivity index is 1.91. The lowest BCUT2D eigenvalue weighted by molar-refractivity contribution is -0.125. The van der Waals surface area contributed by atoms with Crippen molar-refractivity contribution >= 4 is 28.4 Å². The molecule has 2 atom stereocenters. The number of nitrogens with zero attached hydrogens (tertiary/aromatic N) is 1. The number of fused-ring (bicyclic) bond motifs is 3. The minimum absolute atomic E-state index is 0.217. The lowest BCUT2D eigenvalue weighted by Crippen LogP contribution is -2.55. The number of hydrogen-bond donors (Lipinski definition) is 2. The summed E-state index contributed by atoms with van der Waals surface area (Å²) in [6.45, 7) is 3.87. The SMILES string of the molecule is CC1(C)Oc2c(c(=O)n(Cc3ccccc3)c3ccccc23)[C@@H](NC(=O)CCCCl)[C@@H]1O. The van der Waals surface area contributed by atoms with Crippen LogP contribution in [0.2, 0.25) is 0 Å². The van der Waals surface area contributed by atoms with E-state index in [1.807, 2.05) is 54.6 Å². The van der Waals surface area contributed by atoms with Crippen molar-refractivity contribution in [1.82, 2.24) is 9.88 Å². The van der Waals surface area contributed by atoms with Crippen molar-refractivity contribution in [3.63, 3.8) is 0 Å². The highest BCUT2D eigenvalue weighted by Crippen LogP contribution is 2.42. The Kier molecular flexibility index (Phi) is 6.26. The van der Waals surface area contributed by atoms with Gasteiger partial charge in [0.05, 0.1) is 23.7 Å². The number of rotatable bonds is 6. The molecule has 0 unspecified atom stereocenters. The van der Waals surface area contributed by atoms with Crippen molar-refractivity contribution < 1.29 is 14.6 Å². The number of para-hydroxylation sites is 1. The van der Waals surface area contributed by atoms with Gasteiger partial charge in [-0.25, -0.2) is 0 Å². The van der Waals surface area contributed by atoms with Crippen LogP contribution in [0.3, 0.4) is 0 Å². The summed E-state index contributed by atoms with van der Waals surface area (Å²) in [7, 11) is 0. The molecule has 2 aromatic carbocycles. The topological polar surface area (TPSA) is 80.6 Å². The van der Waals surface area contributed by atoms with E-state index in [4.69, 9.17) is 16.3 Å². The second-order valence-corrected chi connectivity index (χ2v) is 9.00. The van der Waals surface area contributed by atoms with Gasteiger partial charge in [-0.2, -0.15) is 0 Å². The molecule has 1 aliphatic heterocycles. The van der Waals surface area contributed by atoms with E-state index in [1.54, 1.807) is 18.4 Å². The van der Waals surface area contributed by atoms with Crippen molar-refractivity contribution in [1.29, 1.82) is 0 Å². The maximum atomic E-state index is 13.8. The van der Waals surface area contributed by atoms with Gasteiger partial charge in [-0.05, 0) is 38.0 Å². The number of hydrogen-bond acceptors (Lipinski definition) is 4. The molecule has 0 bridgehead atoms. The van der Waals surface area contributed by atoms with Crippen molar-refractivity contribution in [2.45, 2.75) is 51.0 Å². The molecule has 0 aliphatic carbocycles. The van der Waals surface area contributed by atoms with E-state index in [2.05, 4.69) is 5.32 Å². The molecular formula is C25H27ClN2O4. The standard InChI is InChI=1S/C25H27ClN2O4/c1-25(2)23(30)21(27-19(29)13-8-14-26)20-22(32-25)17-11-6-7-12-18(17)28(24(20)31)15-16-9-4-3-5-10-16/h3-7,9-12,21,23,30H,8,13-15H2,1-2H3,(H,27,29)/t21-,23+/m1/s1. The van der Waals surface area contributed by atoms with Crippen molar-refractivity contribution in [3.05, 3.63) is 76.1 Å². The second-order valence-electron chi connectivity index (χ2n) is 8.62. The highest BCUT2D eigenvalue weighted by Gasteiger charge is 2.46. The quantitative estimate of drug-likeness (QED) is 0.556. The summed E-state index contributed by atoms with van der Waals surface area (Å²) in [6.07, 6.45) is -0.373. The molecule has 0 fully saturated rings. The van der Waals surface area contributed by atoms with E-state index in [0.29, 0.717) is 24.6 Å². The Labute approximate surface area is 191 Å². The van der Waals surface area contributed by atoms with E-state index in [0.717, 1.165) is 16.5 Å². The predicted molar refractivity (Wildman–Crippen MR) is 125 cm³/mol. The average Bonchev–Trinajstić information content (AvgIpc) is 2.78. The summed E-state index contributed by atoms with van der Waals surface area (Å²) >= 11 is 5.73. The fraction of sp³-hybridized carbons (Fsp3) is 0.360. The first-order valence-corrected chi connectivity index (χ1v) is 11.3. The van der Waals surface area contributed by atoms with Crippen molar-refractivity contribution in [2.75, 3.05) is 5.88 Å². The Morgan fingerprint density at radius 1 is 1.16 bits per heavy atom. The number of pyridine rings is 1. The second kappa shape index (κ2) is 8.96. The highest BCUT2D eigenvalue weighted by molar-refractivity contribution is 6.17. The van der Waals surface area contributed by atoms with E-state index >= 15 is 0 Å². The summed E-state index contributed by atoms with van der Waals surface area (Å²) < 4.78 is 7.86. The van der Waals surface area contributed by atoms with Crippen LogP contribution in [0.4, 0.5) is 0 Å². The van der Waals surface area contributed by atoms with Crippen LogP contribution >= 0.6 is 11.6 Å². The summed E-state index contributed by atoms with van der Waals surface area (Å²) in [6, 6.07) is 16.4. The zero-order chi connectivity index (χ0) is 22.9. The summed E-state index contributed by atoms with van der Waals surface area (Å²) in [5.74, 6) is 0.508. The number of carbonyl (C=O) groups is 1. The number of alkyl halides is 1. The van der Waals surface area contributed by atoms with Crippen LogP contribution in [0.1, 0.15) is 43.9 Å². The molecule has 32 heavy (non-hydrogen) atoms. The fourth-order valence-corrected chi connectivity index (χ4v) is 4.35. The van der Waals surface area contributed by atoms with Gasteiger partial charge >= 0.3 is 0 Å². The molecule has 3 aromatic rings. The number of amides is 1. The Bertz CT molecular complexity index is 1190. The Morgan fingerprint density at radius 3 is 2.56 bits per heavy atom. The van der Waals surface area contributed by atoms with Crippen molar-refractivity contribution in [2.24, 2.45) is 0 Å². The lowest BCUT2D eigenvalue weighted by Gasteiger charge is -2.42. The number of aliphatic hydroxyl groups is 1. The van der Waals surface area contributed by atoms with Gasteiger partial charge in [0, 0.05) is 17.7 Å². The largest absolute Gasteiger partial charge is 0.484 e. The maximum absolute atomic E-state index is 13.8. The van der Waals surface area contributed by atoms with Gasteiger partial charge in [0.25, 0.3) is 5.56 Å². The number of halogens is 1. The van der Waals surface area contributed by atoms with Gasteiger partial charge in [-0.3, -0.25) is 9.59 Å². The van der Waals surface area contributed by atoms with E-state index in [-0.39, 0.29) is 23.5 Å². The van der Waals surface area contributed by atoms with Gasteiger partial charge in [-0.1, -0.05) is 42.5 Å². The Morgan fingerprint density at radius 2 is 1.84 bits per heavy atom. The smallest absolute Gasteiger partial charge is 0.260 e. The fourth-order valence-electron chi connectivity index (χ4n) is 4.21. The molecule has 0 radical (unpaired) electrons. The van der Waals surface area contributed by atoms with Crippen molar-refractivity contribution in [3.8, 4) is 5.75 Å². The first-order chi connectivity index (χ1) is 15.3. The van der Waals surface area contributed by atoms with Gasteiger partial charge in [0.15, 0.2) is 0 Å². The number of aliphatic hydroxyl groups excluding tert-OH is 1. The lowest BCUT2D eigenvalue weighted by atomic mass is 9.86. The molecule has 2 heterocycles. The van der Waals surface area contributed by atoms with Crippen LogP contribution in [-0.4, -0.2) is 33.2 Å². The summed E-state index contributed by atoms with van der Waals surface area (Å²) in [5.41, 5.74) is 0.683. The number of benzene rings is 2. The van der Waals surface area contributed by atoms with Gasteiger partial charge in [0.2, 0.25) is 5.91 Å². The van der Waals surface area contributed by atoms with Crippen LogP contribution in [-0.2, 0) is 11.3 Å². The summed E-state index contributed by atoms with van der Waals surface area (Å²) in [4.78, 5) is 26.4. The number of aromatic nitrogens is 1. The molecule has 6 nitrogen and oxygen atoms in total. The third kappa shape index (κ3) is 4.12. The Hall–Kier alpha value is -2.83. The third-order valence-electron chi connectivity index (χ3n) is 5.90. The first kappa shape index (κ1) is 22.4. The van der Waals surface area contributed by atoms with Crippen LogP contribution in [0, 0.1) is 0 Å². The van der Waals surface area contributed by atoms with Gasteiger partial charge < -0.3 is 19.7 Å². The van der Waals surface area contributed by atoms with E-state index < -0.39 is 17.7 Å². The summed E-state index contributed by atoms with van der Waals surface area (Å²) in [5, 5.41) is 14.7. The molecule has 168 valence electrons. The third-order valence-corrected chi connectivity index (χ3v) is 6.17. The van der Waals surface area contributed by atoms with E-state index in [1.165, 1.54) is 0 Å². The number of nitrogens with one attached hydrogen (secondary N) is 1. The molecule has 1 amide bonds. The van der Waals surface area contributed by atoms with Crippen LogP contribution in [0.25, 0.3) is 10.9 Å². The monoisotopic (exact) mass is 454 g/mol. The van der Waals surface area contributed by atoms with Crippen LogP contribution in [0.15, 0.2) is 59.4 Å². The molecule has 1 aromatic heterocycles. The molecular weight excluding hydrogens is 428 g/mol. The average molecular weight is 455 g/mol. The molecule has 4 rings (SSSR count).